The van der Waals surface area contributed by atoms with Gasteiger partial charge in [0.05, 0.1) is 0 Å². The Bertz CT molecular complexity index is 598. The molecule has 2 aromatic carbocycles. The predicted octanol–water partition coefficient (Wildman–Crippen LogP) is 3.52. The maximum atomic E-state index is 5.99. The Morgan fingerprint density at radius 2 is 1.73 bits per heavy atom. The molecular weight excluding hydrogens is 274 g/mol. The zero-order valence-electron chi connectivity index (χ0n) is 12.8. The quantitative estimate of drug-likeness (QED) is 0.887. The number of ether oxygens (including phenoxy) is 2. The van der Waals surface area contributed by atoms with Crippen LogP contribution < -0.4 is 15.2 Å². The Kier molecular flexibility index (Phi) is 4.96. The monoisotopic (exact) mass is 297 g/mol. The van der Waals surface area contributed by atoms with Crippen LogP contribution in [0.15, 0.2) is 48.5 Å². The maximum absolute atomic E-state index is 5.99. The molecule has 0 spiro atoms. The van der Waals surface area contributed by atoms with Crippen LogP contribution in [0.4, 0.5) is 0 Å². The van der Waals surface area contributed by atoms with Gasteiger partial charge in [-0.25, -0.2) is 0 Å². The van der Waals surface area contributed by atoms with E-state index in [1.54, 1.807) is 0 Å². The average molecular weight is 297 g/mol. The molecule has 1 aliphatic rings. The molecule has 22 heavy (non-hydrogen) atoms. The number of fused-ring (bicyclic) bond motifs is 1. The average Bonchev–Trinajstić information content (AvgIpc) is 2.59. The first kappa shape index (κ1) is 14.9. The maximum Gasteiger partial charge on any atom is 0.161 e. The summed E-state index contributed by atoms with van der Waals surface area (Å²) in [5.74, 6) is 2.07. The van der Waals surface area contributed by atoms with Crippen molar-refractivity contribution in [1.29, 1.82) is 0 Å². The summed E-state index contributed by atoms with van der Waals surface area (Å²) in [7, 11) is 0. The lowest BCUT2D eigenvalue weighted by atomic mass is 9.92. The van der Waals surface area contributed by atoms with Crippen molar-refractivity contribution in [3.63, 3.8) is 0 Å². The molecular formula is C19H23NO2. The second-order valence-electron chi connectivity index (χ2n) is 5.71. The molecule has 1 unspecified atom stereocenters. The molecule has 2 N–H and O–H groups in total. The number of hydrogen-bond donors (Lipinski definition) is 1. The van der Waals surface area contributed by atoms with Gasteiger partial charge in [-0.3, -0.25) is 0 Å². The van der Waals surface area contributed by atoms with Crippen LogP contribution in [0.5, 0.6) is 11.5 Å². The number of rotatable bonds is 6. The van der Waals surface area contributed by atoms with Gasteiger partial charge in [0.25, 0.3) is 0 Å². The van der Waals surface area contributed by atoms with Crippen LogP contribution in [0.3, 0.4) is 0 Å². The van der Waals surface area contributed by atoms with Crippen LogP contribution >= 0.6 is 0 Å². The summed E-state index contributed by atoms with van der Waals surface area (Å²) in [6, 6.07) is 16.8. The first-order chi connectivity index (χ1) is 10.9. The Hall–Kier alpha value is -2.00. The van der Waals surface area contributed by atoms with E-state index in [0.717, 1.165) is 30.8 Å². The standard InChI is InChI=1S/C19H23NO2/c20-14-17(8-4-7-15-5-2-1-3-6-15)16-9-10-18-19(13-16)22-12-11-21-18/h1-3,5-6,9-10,13,17H,4,7-8,11-12,14,20H2. The summed E-state index contributed by atoms with van der Waals surface area (Å²) in [6.45, 7) is 1.91. The van der Waals surface area contributed by atoms with Crippen molar-refractivity contribution in [2.45, 2.75) is 25.2 Å². The molecule has 0 aliphatic carbocycles. The van der Waals surface area contributed by atoms with E-state index in [4.69, 9.17) is 15.2 Å². The van der Waals surface area contributed by atoms with E-state index in [9.17, 15) is 0 Å². The fourth-order valence-corrected chi connectivity index (χ4v) is 2.93. The molecule has 0 amide bonds. The highest BCUT2D eigenvalue weighted by Gasteiger charge is 2.16. The van der Waals surface area contributed by atoms with Crippen molar-refractivity contribution in [2.75, 3.05) is 19.8 Å². The summed E-state index contributed by atoms with van der Waals surface area (Å²) in [5.41, 5.74) is 8.63. The van der Waals surface area contributed by atoms with Gasteiger partial charge >= 0.3 is 0 Å². The lowest BCUT2D eigenvalue weighted by Crippen LogP contribution is -2.17. The lowest BCUT2D eigenvalue weighted by Gasteiger charge is -2.21. The number of hydrogen-bond acceptors (Lipinski definition) is 3. The fourth-order valence-electron chi connectivity index (χ4n) is 2.93. The van der Waals surface area contributed by atoms with Crippen LogP contribution in [0.1, 0.15) is 29.9 Å². The minimum Gasteiger partial charge on any atom is -0.486 e. The first-order valence-electron chi connectivity index (χ1n) is 8.00. The summed E-state index contributed by atoms with van der Waals surface area (Å²) >= 11 is 0. The molecule has 3 heteroatoms. The first-order valence-corrected chi connectivity index (χ1v) is 8.00. The van der Waals surface area contributed by atoms with E-state index < -0.39 is 0 Å². The van der Waals surface area contributed by atoms with Crippen molar-refractivity contribution in [3.05, 3.63) is 59.7 Å². The zero-order valence-corrected chi connectivity index (χ0v) is 12.8. The minimum absolute atomic E-state index is 0.375. The largest absolute Gasteiger partial charge is 0.486 e. The molecule has 0 saturated carbocycles. The van der Waals surface area contributed by atoms with E-state index >= 15 is 0 Å². The van der Waals surface area contributed by atoms with Gasteiger partial charge in [0.1, 0.15) is 13.2 Å². The second-order valence-corrected chi connectivity index (χ2v) is 5.71. The van der Waals surface area contributed by atoms with Gasteiger partial charge in [-0.2, -0.15) is 0 Å². The van der Waals surface area contributed by atoms with Crippen molar-refractivity contribution in [2.24, 2.45) is 5.73 Å². The molecule has 1 atom stereocenters. The Morgan fingerprint density at radius 1 is 0.955 bits per heavy atom. The number of aryl methyl sites for hydroxylation is 1. The van der Waals surface area contributed by atoms with E-state index in [0.29, 0.717) is 25.7 Å². The SMILES string of the molecule is NCC(CCCc1ccccc1)c1ccc2c(c1)OCCO2. The van der Waals surface area contributed by atoms with Crippen LogP contribution in [-0.2, 0) is 6.42 Å². The van der Waals surface area contributed by atoms with Gasteiger partial charge in [-0.05, 0) is 55.0 Å². The van der Waals surface area contributed by atoms with E-state index in [-0.39, 0.29) is 0 Å². The summed E-state index contributed by atoms with van der Waals surface area (Å²) in [6.07, 6.45) is 3.33. The summed E-state index contributed by atoms with van der Waals surface area (Å²) in [4.78, 5) is 0. The molecule has 116 valence electrons. The van der Waals surface area contributed by atoms with Crippen molar-refractivity contribution < 1.29 is 9.47 Å². The Labute approximate surface area is 132 Å². The predicted molar refractivity (Wildman–Crippen MR) is 88.6 cm³/mol. The Morgan fingerprint density at radius 3 is 2.50 bits per heavy atom. The topological polar surface area (TPSA) is 44.5 Å². The minimum atomic E-state index is 0.375. The summed E-state index contributed by atoms with van der Waals surface area (Å²) < 4.78 is 11.2. The van der Waals surface area contributed by atoms with Gasteiger partial charge in [0, 0.05) is 0 Å². The molecule has 0 fully saturated rings. The Balaban J connectivity index is 1.61. The number of benzene rings is 2. The van der Waals surface area contributed by atoms with E-state index in [1.807, 2.05) is 6.07 Å². The molecule has 2 aromatic rings. The fraction of sp³-hybridized carbons (Fsp3) is 0.368. The lowest BCUT2D eigenvalue weighted by molar-refractivity contribution is 0.171. The highest BCUT2D eigenvalue weighted by atomic mass is 16.6. The summed E-state index contributed by atoms with van der Waals surface area (Å²) in [5, 5.41) is 0. The number of nitrogens with two attached hydrogens (primary N) is 1. The van der Waals surface area contributed by atoms with Gasteiger partial charge < -0.3 is 15.2 Å². The smallest absolute Gasteiger partial charge is 0.161 e. The molecule has 1 aliphatic heterocycles. The van der Waals surface area contributed by atoms with Crippen LogP contribution in [-0.4, -0.2) is 19.8 Å². The van der Waals surface area contributed by atoms with Crippen LogP contribution in [0.25, 0.3) is 0 Å². The van der Waals surface area contributed by atoms with Crippen molar-refractivity contribution in [3.8, 4) is 11.5 Å². The van der Waals surface area contributed by atoms with Crippen LogP contribution in [0, 0.1) is 0 Å². The molecule has 3 nitrogen and oxygen atoms in total. The third-order valence-electron chi connectivity index (χ3n) is 4.18. The normalized spacial score (nSPS) is 14.6. The molecule has 1 heterocycles. The third kappa shape index (κ3) is 3.60. The van der Waals surface area contributed by atoms with Gasteiger partial charge in [0.2, 0.25) is 0 Å². The van der Waals surface area contributed by atoms with Gasteiger partial charge in [0.15, 0.2) is 11.5 Å². The van der Waals surface area contributed by atoms with Crippen LogP contribution in [0.2, 0.25) is 0 Å². The van der Waals surface area contributed by atoms with Crippen molar-refractivity contribution >= 4 is 0 Å². The van der Waals surface area contributed by atoms with E-state index in [1.165, 1.54) is 11.1 Å². The molecule has 3 rings (SSSR count). The second kappa shape index (κ2) is 7.32. The molecule has 0 bridgehead atoms. The molecule has 0 saturated heterocycles. The van der Waals surface area contributed by atoms with Gasteiger partial charge in [-0.1, -0.05) is 36.4 Å². The van der Waals surface area contributed by atoms with E-state index in [2.05, 4.69) is 42.5 Å². The molecule has 0 radical (unpaired) electrons. The van der Waals surface area contributed by atoms with Crippen molar-refractivity contribution in [1.82, 2.24) is 0 Å². The molecule has 0 aromatic heterocycles. The highest BCUT2D eigenvalue weighted by Crippen LogP contribution is 2.34. The third-order valence-corrected chi connectivity index (χ3v) is 4.18. The van der Waals surface area contributed by atoms with Gasteiger partial charge in [-0.15, -0.1) is 0 Å². The zero-order chi connectivity index (χ0) is 15.2. The highest BCUT2D eigenvalue weighted by molar-refractivity contribution is 5.44.